The van der Waals surface area contributed by atoms with Gasteiger partial charge >= 0.3 is 21.1 Å². The second-order valence-corrected chi connectivity index (χ2v) is 6.17. The number of ether oxygens (including phenoxy) is 1. The molecule has 0 aliphatic heterocycles. The molecule has 6 heteroatoms. The number of hydrogen-bond acceptors (Lipinski definition) is 5. The Balaban J connectivity index is 3.23. The maximum Gasteiger partial charge on any atom is 0.905 e. The van der Waals surface area contributed by atoms with Crippen molar-refractivity contribution in [2.45, 2.75) is 39.0 Å². The number of carbonyl (C=O) groups is 1. The quantitative estimate of drug-likeness (QED) is 0.239. The Bertz CT molecular complexity index is 253. The van der Waals surface area contributed by atoms with Crippen LogP contribution in [0.15, 0.2) is 12.2 Å². The molecule has 0 saturated carbocycles. The van der Waals surface area contributed by atoms with Crippen molar-refractivity contribution >= 4 is 21.1 Å². The zero-order chi connectivity index (χ0) is 14.5. The minimum atomic E-state index is -1.85. The van der Waals surface area contributed by atoms with Crippen LogP contribution in [0.1, 0.15) is 39.0 Å². The number of unbranched alkanes of at least 4 members (excludes halogenated alkanes) is 4. The zero-order valence-electron chi connectivity index (χ0n) is 12.3. The molecule has 0 aliphatic rings. The van der Waals surface area contributed by atoms with Gasteiger partial charge in [0.15, 0.2) is 0 Å². The zero-order valence-corrected chi connectivity index (χ0v) is 13.4. The van der Waals surface area contributed by atoms with Gasteiger partial charge in [0.1, 0.15) is 0 Å². The fourth-order valence-corrected chi connectivity index (χ4v) is 2.26. The average Bonchev–Trinajstić information content (AvgIpc) is 2.40. The molecule has 0 rings (SSSR count). The summed E-state index contributed by atoms with van der Waals surface area (Å²) in [5, 5.41) is 0. The van der Waals surface area contributed by atoms with E-state index >= 15 is 0 Å². The number of rotatable bonds is 12. The number of esters is 1. The third kappa shape index (κ3) is 11.2. The first-order valence-corrected chi connectivity index (χ1v) is 8.03. The Kier molecular flexibility index (Phi) is 12.4. The van der Waals surface area contributed by atoms with Crippen molar-refractivity contribution < 1.29 is 20.9 Å². The third-order valence-corrected chi connectivity index (χ3v) is 3.79. The summed E-state index contributed by atoms with van der Waals surface area (Å²) < 4.78 is 20.5. The average molecular weight is 288 g/mol. The van der Waals surface area contributed by atoms with Crippen molar-refractivity contribution in [3.05, 3.63) is 12.2 Å². The predicted octanol–water partition coefficient (Wildman–Crippen LogP) is 2.35. The van der Waals surface area contributed by atoms with Crippen molar-refractivity contribution in [2.24, 2.45) is 0 Å². The summed E-state index contributed by atoms with van der Waals surface area (Å²) in [6, 6.07) is 0. The Morgan fingerprint density at radius 2 is 1.53 bits per heavy atom. The highest BCUT2D eigenvalue weighted by atomic mass is 27.3. The van der Waals surface area contributed by atoms with Gasteiger partial charge in [0.05, 0.1) is 6.61 Å². The molecule has 0 radical (unpaired) electrons. The lowest BCUT2D eigenvalue weighted by Crippen LogP contribution is -2.24. The first-order chi connectivity index (χ1) is 9.11. The van der Waals surface area contributed by atoms with Crippen LogP contribution in [0.4, 0.5) is 0 Å². The SMILES string of the molecule is C=C(C)C(=O)OCCCCCCC[O][Al]([O]C)[O]C. The van der Waals surface area contributed by atoms with Gasteiger partial charge in [-0.25, -0.2) is 4.79 Å². The van der Waals surface area contributed by atoms with E-state index in [4.69, 9.17) is 16.1 Å². The Hall–Kier alpha value is -0.378. The summed E-state index contributed by atoms with van der Waals surface area (Å²) in [5.41, 5.74) is 0.451. The van der Waals surface area contributed by atoms with E-state index in [-0.39, 0.29) is 5.97 Å². The molecule has 0 unspecified atom stereocenters. The van der Waals surface area contributed by atoms with E-state index in [2.05, 4.69) is 6.58 Å². The fraction of sp³-hybridized carbons (Fsp3) is 0.769. The van der Waals surface area contributed by atoms with Crippen LogP contribution >= 0.6 is 0 Å². The van der Waals surface area contributed by atoms with Crippen LogP contribution in [0, 0.1) is 0 Å². The number of hydrogen-bond donors (Lipinski definition) is 0. The molecule has 0 heterocycles. The second-order valence-electron chi connectivity index (χ2n) is 4.31. The van der Waals surface area contributed by atoms with Gasteiger partial charge in [0, 0.05) is 26.4 Å². The van der Waals surface area contributed by atoms with Gasteiger partial charge < -0.3 is 16.1 Å². The van der Waals surface area contributed by atoms with E-state index in [9.17, 15) is 4.79 Å². The van der Waals surface area contributed by atoms with Gasteiger partial charge in [-0.2, -0.15) is 0 Å². The van der Waals surface area contributed by atoms with Crippen LogP contribution in [0.3, 0.4) is 0 Å². The van der Waals surface area contributed by atoms with Gasteiger partial charge in [-0.1, -0.05) is 25.8 Å². The summed E-state index contributed by atoms with van der Waals surface area (Å²) in [6.45, 7) is 6.34. The van der Waals surface area contributed by atoms with Gasteiger partial charge in [-0.3, -0.25) is 0 Å². The molecule has 5 nitrogen and oxygen atoms in total. The van der Waals surface area contributed by atoms with Crippen molar-refractivity contribution in [3.63, 3.8) is 0 Å². The largest absolute Gasteiger partial charge is 0.905 e. The lowest BCUT2D eigenvalue weighted by molar-refractivity contribution is -0.139. The second kappa shape index (κ2) is 12.6. The van der Waals surface area contributed by atoms with E-state index in [0.29, 0.717) is 18.8 Å². The maximum absolute atomic E-state index is 11.1. The molecule has 0 aromatic carbocycles. The molecule has 19 heavy (non-hydrogen) atoms. The molecule has 110 valence electrons. The molecular weight excluding hydrogens is 263 g/mol. The molecular formula is C13H25AlO5. The minimum Gasteiger partial charge on any atom is -0.462 e. The molecule has 0 fully saturated rings. The highest BCUT2D eigenvalue weighted by Crippen LogP contribution is 2.05. The summed E-state index contributed by atoms with van der Waals surface area (Å²) in [6.07, 6.45) is 5.16. The minimum absolute atomic E-state index is 0.302. The molecule has 0 bridgehead atoms. The van der Waals surface area contributed by atoms with Crippen LogP contribution in [-0.4, -0.2) is 48.6 Å². The number of carbonyl (C=O) groups excluding carboxylic acids is 1. The van der Waals surface area contributed by atoms with E-state index < -0.39 is 15.1 Å². The summed E-state index contributed by atoms with van der Waals surface area (Å²) in [4.78, 5) is 11.1. The Labute approximate surface area is 121 Å². The molecule has 0 amide bonds. The van der Waals surface area contributed by atoms with Crippen molar-refractivity contribution in [1.29, 1.82) is 0 Å². The molecule has 0 aromatic rings. The van der Waals surface area contributed by atoms with Gasteiger partial charge in [0.25, 0.3) is 0 Å². The summed E-state index contributed by atoms with van der Waals surface area (Å²) >= 11 is -1.85. The van der Waals surface area contributed by atoms with E-state index in [1.807, 2.05) is 0 Å². The third-order valence-electron chi connectivity index (χ3n) is 2.51. The lowest BCUT2D eigenvalue weighted by atomic mass is 10.1. The summed E-state index contributed by atoms with van der Waals surface area (Å²) in [7, 11) is 3.21. The highest BCUT2D eigenvalue weighted by molar-refractivity contribution is 6.36. The van der Waals surface area contributed by atoms with Crippen LogP contribution in [-0.2, 0) is 20.9 Å². The fourth-order valence-electron chi connectivity index (χ4n) is 1.43. The molecule has 0 spiro atoms. The molecule has 0 atom stereocenters. The van der Waals surface area contributed by atoms with Crippen molar-refractivity contribution in [1.82, 2.24) is 0 Å². The molecule has 0 saturated heterocycles. The van der Waals surface area contributed by atoms with E-state index in [0.717, 1.165) is 32.1 Å². The first kappa shape index (κ1) is 18.6. The van der Waals surface area contributed by atoms with E-state index in [1.165, 1.54) is 0 Å². The summed E-state index contributed by atoms with van der Waals surface area (Å²) in [5.74, 6) is -0.302. The predicted molar refractivity (Wildman–Crippen MR) is 74.6 cm³/mol. The Morgan fingerprint density at radius 3 is 2.05 bits per heavy atom. The Morgan fingerprint density at radius 1 is 1.00 bits per heavy atom. The topological polar surface area (TPSA) is 54.0 Å². The van der Waals surface area contributed by atoms with Crippen LogP contribution in [0.25, 0.3) is 0 Å². The van der Waals surface area contributed by atoms with Crippen LogP contribution in [0.5, 0.6) is 0 Å². The maximum atomic E-state index is 11.1. The lowest BCUT2D eigenvalue weighted by Gasteiger charge is -2.08. The molecule has 0 aromatic heterocycles. The van der Waals surface area contributed by atoms with Gasteiger partial charge in [-0.05, 0) is 19.8 Å². The van der Waals surface area contributed by atoms with E-state index in [1.54, 1.807) is 21.1 Å². The normalized spacial score (nSPS) is 10.3. The van der Waals surface area contributed by atoms with Crippen molar-refractivity contribution in [2.75, 3.05) is 27.4 Å². The standard InChI is InChI=1S/C11H19O3.2CH3O.Al/c1-10(2)11(13)14-9-7-5-3-4-6-8-12;2*1-2;/h1,3-9H2,2H3;2*1H3;/q3*-1;+3. The monoisotopic (exact) mass is 288 g/mol. The van der Waals surface area contributed by atoms with Gasteiger partial charge in [-0.15, -0.1) is 0 Å². The highest BCUT2D eigenvalue weighted by Gasteiger charge is 2.26. The van der Waals surface area contributed by atoms with Crippen molar-refractivity contribution in [3.8, 4) is 0 Å². The van der Waals surface area contributed by atoms with Crippen LogP contribution < -0.4 is 0 Å². The smallest absolute Gasteiger partial charge is 0.462 e. The van der Waals surface area contributed by atoms with Crippen LogP contribution in [0.2, 0.25) is 0 Å². The van der Waals surface area contributed by atoms with Gasteiger partial charge in [0.2, 0.25) is 0 Å². The first-order valence-electron chi connectivity index (χ1n) is 6.61. The molecule has 0 N–H and O–H groups in total. The molecule has 0 aliphatic carbocycles.